The maximum absolute atomic E-state index is 9.29. The van der Waals surface area contributed by atoms with Crippen LogP contribution in [0.5, 0.6) is 0 Å². The lowest BCUT2D eigenvalue weighted by Crippen LogP contribution is -2.44. The number of hydrogen-bond acceptors (Lipinski definition) is 4. The Morgan fingerprint density at radius 2 is 2.29 bits per heavy atom. The molecule has 1 fully saturated rings. The van der Waals surface area contributed by atoms with Crippen LogP contribution in [0.25, 0.3) is 0 Å². The molecule has 4 nitrogen and oxygen atoms in total. The number of nitrogens with one attached hydrogen (secondary N) is 1. The summed E-state index contributed by atoms with van der Waals surface area (Å²) in [6.07, 6.45) is -0.116. The van der Waals surface area contributed by atoms with Gasteiger partial charge in [-0.15, -0.1) is 0 Å². The number of nitrogens with zero attached hydrogens (tertiary/aromatic N) is 1. The Hall–Kier alpha value is -0.810. The molecular formula is C16H25ClN2O2. The highest BCUT2D eigenvalue weighted by atomic mass is 35.5. The van der Waals surface area contributed by atoms with Crippen molar-refractivity contribution in [2.24, 2.45) is 5.92 Å². The summed E-state index contributed by atoms with van der Waals surface area (Å²) in [5, 5.41) is 13.5. The molecule has 1 aromatic carbocycles. The van der Waals surface area contributed by atoms with E-state index in [0.29, 0.717) is 19.1 Å². The van der Waals surface area contributed by atoms with Crippen molar-refractivity contribution in [3.63, 3.8) is 0 Å². The summed E-state index contributed by atoms with van der Waals surface area (Å²) < 4.78 is 5.52. The third kappa shape index (κ3) is 4.58. The average Bonchev–Trinajstić information content (AvgIpc) is 2.48. The smallest absolute Gasteiger partial charge is 0.0980 e. The van der Waals surface area contributed by atoms with Crippen LogP contribution in [0.2, 0.25) is 5.02 Å². The Bertz CT molecular complexity index is 454. The number of halogens is 1. The second kappa shape index (κ2) is 7.99. The van der Waals surface area contributed by atoms with Gasteiger partial charge in [-0.25, -0.2) is 0 Å². The minimum atomic E-state index is -0.116. The van der Waals surface area contributed by atoms with Crippen LogP contribution in [0, 0.1) is 5.92 Å². The minimum Gasteiger partial charge on any atom is -0.394 e. The largest absolute Gasteiger partial charge is 0.394 e. The lowest BCUT2D eigenvalue weighted by molar-refractivity contribution is 0.00352. The summed E-state index contributed by atoms with van der Waals surface area (Å²) in [7, 11) is 0. The van der Waals surface area contributed by atoms with Gasteiger partial charge < -0.3 is 20.1 Å². The van der Waals surface area contributed by atoms with Gasteiger partial charge in [-0.05, 0) is 24.6 Å². The first-order valence-electron chi connectivity index (χ1n) is 7.57. The summed E-state index contributed by atoms with van der Waals surface area (Å²) in [6.45, 7) is 8.32. The molecule has 1 aliphatic heterocycles. The van der Waals surface area contributed by atoms with Crippen molar-refractivity contribution >= 4 is 17.3 Å². The van der Waals surface area contributed by atoms with Gasteiger partial charge in [0.2, 0.25) is 0 Å². The predicted octanol–water partition coefficient (Wildman–Crippen LogP) is 2.28. The van der Waals surface area contributed by atoms with Crippen molar-refractivity contribution in [1.29, 1.82) is 0 Å². The van der Waals surface area contributed by atoms with Crippen LogP contribution in [0.15, 0.2) is 18.2 Å². The van der Waals surface area contributed by atoms with Crippen LogP contribution in [-0.2, 0) is 11.3 Å². The predicted molar refractivity (Wildman–Crippen MR) is 87.0 cm³/mol. The first-order chi connectivity index (χ1) is 10.1. The topological polar surface area (TPSA) is 44.7 Å². The molecule has 1 aromatic rings. The molecule has 1 atom stereocenters. The van der Waals surface area contributed by atoms with Crippen molar-refractivity contribution in [2.75, 3.05) is 37.7 Å². The molecule has 118 valence electrons. The average molecular weight is 313 g/mol. The van der Waals surface area contributed by atoms with Gasteiger partial charge in [-0.2, -0.15) is 0 Å². The van der Waals surface area contributed by atoms with Gasteiger partial charge in [0.15, 0.2) is 0 Å². The van der Waals surface area contributed by atoms with Gasteiger partial charge in [0.05, 0.1) is 19.3 Å². The second-order valence-corrected chi connectivity index (χ2v) is 6.29. The molecule has 2 rings (SSSR count). The molecule has 0 spiro atoms. The first kappa shape index (κ1) is 16.6. The number of rotatable bonds is 6. The van der Waals surface area contributed by atoms with E-state index in [0.717, 1.165) is 35.9 Å². The lowest BCUT2D eigenvalue weighted by atomic mass is 10.1. The van der Waals surface area contributed by atoms with Crippen LogP contribution in [0.3, 0.4) is 0 Å². The maximum Gasteiger partial charge on any atom is 0.0980 e. The van der Waals surface area contributed by atoms with E-state index in [1.165, 1.54) is 0 Å². The molecule has 1 unspecified atom stereocenters. The fourth-order valence-corrected chi connectivity index (χ4v) is 2.79. The Kier molecular flexibility index (Phi) is 6.30. The molecular weight excluding hydrogens is 288 g/mol. The number of aliphatic hydroxyl groups excluding tert-OH is 1. The number of benzene rings is 1. The van der Waals surface area contributed by atoms with Crippen molar-refractivity contribution in [3.05, 3.63) is 28.8 Å². The number of anilines is 1. The number of aliphatic hydroxyl groups is 1. The highest BCUT2D eigenvalue weighted by Crippen LogP contribution is 2.28. The zero-order chi connectivity index (χ0) is 15.2. The van der Waals surface area contributed by atoms with Crippen molar-refractivity contribution < 1.29 is 9.84 Å². The van der Waals surface area contributed by atoms with Crippen LogP contribution < -0.4 is 10.2 Å². The zero-order valence-electron chi connectivity index (χ0n) is 12.8. The molecule has 1 aliphatic rings. The van der Waals surface area contributed by atoms with Gasteiger partial charge in [0.25, 0.3) is 0 Å². The van der Waals surface area contributed by atoms with Crippen molar-refractivity contribution in [2.45, 2.75) is 26.5 Å². The standard InChI is InChI=1S/C16H25ClN2O2/c1-12(2)8-18-9-14-15(17)4-3-5-16(14)19-6-7-21-13(10-19)11-20/h3-5,12-13,18,20H,6-11H2,1-2H3. The monoisotopic (exact) mass is 312 g/mol. The van der Waals surface area contributed by atoms with Crippen LogP contribution in [0.4, 0.5) is 5.69 Å². The maximum atomic E-state index is 9.29. The number of ether oxygens (including phenoxy) is 1. The fraction of sp³-hybridized carbons (Fsp3) is 0.625. The Morgan fingerprint density at radius 3 is 3.00 bits per heavy atom. The molecule has 21 heavy (non-hydrogen) atoms. The van der Waals surface area contributed by atoms with E-state index < -0.39 is 0 Å². The molecule has 0 amide bonds. The van der Waals surface area contributed by atoms with E-state index in [4.69, 9.17) is 16.3 Å². The highest BCUT2D eigenvalue weighted by molar-refractivity contribution is 6.31. The molecule has 5 heteroatoms. The van der Waals surface area contributed by atoms with Crippen LogP contribution >= 0.6 is 11.6 Å². The normalized spacial score (nSPS) is 19.3. The third-order valence-corrected chi connectivity index (χ3v) is 3.99. The molecule has 1 heterocycles. The summed E-state index contributed by atoms with van der Waals surface area (Å²) in [4.78, 5) is 2.25. The Labute approximate surface area is 132 Å². The summed E-state index contributed by atoms with van der Waals surface area (Å²) >= 11 is 6.39. The molecule has 0 aromatic heterocycles. The minimum absolute atomic E-state index is 0.0536. The van der Waals surface area contributed by atoms with Gasteiger partial charge in [-0.1, -0.05) is 31.5 Å². The molecule has 1 saturated heterocycles. The molecule has 2 N–H and O–H groups in total. The van der Waals surface area contributed by atoms with Crippen LogP contribution in [-0.4, -0.2) is 44.1 Å². The summed E-state index contributed by atoms with van der Waals surface area (Å²) in [5.74, 6) is 0.609. The first-order valence-corrected chi connectivity index (χ1v) is 7.95. The lowest BCUT2D eigenvalue weighted by Gasteiger charge is -2.35. The Morgan fingerprint density at radius 1 is 1.48 bits per heavy atom. The Balaban J connectivity index is 2.12. The van der Waals surface area contributed by atoms with Gasteiger partial charge >= 0.3 is 0 Å². The molecule has 0 radical (unpaired) electrons. The van der Waals surface area contributed by atoms with E-state index in [2.05, 4.69) is 30.1 Å². The quantitative estimate of drug-likeness (QED) is 0.846. The fourth-order valence-electron chi connectivity index (χ4n) is 2.55. The van der Waals surface area contributed by atoms with Crippen molar-refractivity contribution in [1.82, 2.24) is 5.32 Å². The van der Waals surface area contributed by atoms with E-state index >= 15 is 0 Å². The summed E-state index contributed by atoms with van der Waals surface area (Å²) in [5.41, 5.74) is 2.26. The number of morpholine rings is 1. The van der Waals surface area contributed by atoms with E-state index in [-0.39, 0.29) is 12.7 Å². The zero-order valence-corrected chi connectivity index (χ0v) is 13.6. The molecule has 0 saturated carbocycles. The van der Waals surface area contributed by atoms with E-state index in [1.54, 1.807) is 0 Å². The molecule has 0 aliphatic carbocycles. The van der Waals surface area contributed by atoms with E-state index in [1.807, 2.05) is 12.1 Å². The van der Waals surface area contributed by atoms with E-state index in [9.17, 15) is 5.11 Å². The van der Waals surface area contributed by atoms with Crippen LogP contribution in [0.1, 0.15) is 19.4 Å². The van der Waals surface area contributed by atoms with Crippen molar-refractivity contribution in [3.8, 4) is 0 Å². The second-order valence-electron chi connectivity index (χ2n) is 5.88. The number of hydrogen-bond donors (Lipinski definition) is 2. The SMILES string of the molecule is CC(C)CNCc1c(Cl)cccc1N1CCOC(CO)C1. The molecule has 0 bridgehead atoms. The highest BCUT2D eigenvalue weighted by Gasteiger charge is 2.22. The van der Waals surface area contributed by atoms with Gasteiger partial charge in [0.1, 0.15) is 0 Å². The van der Waals surface area contributed by atoms with Gasteiger partial charge in [-0.3, -0.25) is 0 Å². The third-order valence-electron chi connectivity index (χ3n) is 3.63. The van der Waals surface area contributed by atoms with Gasteiger partial charge in [0, 0.05) is 35.9 Å². The summed E-state index contributed by atoms with van der Waals surface area (Å²) in [6, 6.07) is 6.01.